The van der Waals surface area contributed by atoms with Crippen LogP contribution in [0.4, 0.5) is 0 Å². The molecule has 5 nitrogen and oxygen atoms in total. The van der Waals surface area contributed by atoms with Gasteiger partial charge in [0.05, 0.1) is 6.04 Å². The van der Waals surface area contributed by atoms with Crippen molar-refractivity contribution in [3.8, 4) is 0 Å². The first-order chi connectivity index (χ1) is 6.45. The molecule has 0 saturated heterocycles. The van der Waals surface area contributed by atoms with Crippen molar-refractivity contribution >= 4 is 5.96 Å². The summed E-state index contributed by atoms with van der Waals surface area (Å²) < 4.78 is 0. The van der Waals surface area contributed by atoms with Crippen molar-refractivity contribution in [1.82, 2.24) is 10.4 Å². The Kier molecular flexibility index (Phi) is 6.23. The Balaban J connectivity index is 4.24. The van der Waals surface area contributed by atoms with E-state index in [2.05, 4.69) is 23.7 Å². The van der Waals surface area contributed by atoms with Gasteiger partial charge in [0, 0.05) is 6.54 Å². The van der Waals surface area contributed by atoms with Crippen molar-refractivity contribution in [2.75, 3.05) is 20.6 Å². The number of hydrogen-bond donors (Lipinski definition) is 3. The molecule has 0 bridgehead atoms. The molecule has 0 amide bonds. The highest BCUT2D eigenvalue weighted by Gasteiger charge is 2.11. The second-order valence-corrected chi connectivity index (χ2v) is 4.17. The molecule has 1 atom stereocenters. The molecule has 0 aliphatic heterocycles. The van der Waals surface area contributed by atoms with E-state index in [9.17, 15) is 0 Å². The standard InChI is InChI=1S/C9H22N4O/c1-7(2)5-8(6-13(3)4)11-9(10)12-14/h7-8,14H,5-6H2,1-4H3,(H3,10,11,12). The lowest BCUT2D eigenvalue weighted by Gasteiger charge is -2.19. The molecule has 4 N–H and O–H groups in total. The van der Waals surface area contributed by atoms with Crippen LogP contribution in [0, 0.1) is 5.92 Å². The Labute approximate surface area is 86.0 Å². The third kappa shape index (κ3) is 6.68. The Bertz CT molecular complexity index is 170. The average Bonchev–Trinajstić information content (AvgIpc) is 2.01. The number of likely N-dealkylation sites (N-methyl/N-ethyl adjacent to an activating group) is 1. The summed E-state index contributed by atoms with van der Waals surface area (Å²) in [5.41, 5.74) is 7.25. The van der Waals surface area contributed by atoms with E-state index in [1.54, 1.807) is 0 Å². The maximum absolute atomic E-state index is 8.53. The molecule has 0 aliphatic rings. The molecule has 0 heterocycles. The first-order valence-electron chi connectivity index (χ1n) is 4.83. The number of hydrogen-bond acceptors (Lipinski definition) is 3. The molecular weight excluding hydrogens is 180 g/mol. The number of rotatable bonds is 5. The lowest BCUT2D eigenvalue weighted by molar-refractivity contribution is 0.231. The second-order valence-electron chi connectivity index (χ2n) is 4.17. The van der Waals surface area contributed by atoms with Gasteiger partial charge in [0.1, 0.15) is 0 Å². The van der Waals surface area contributed by atoms with Crippen LogP contribution in [-0.2, 0) is 0 Å². The van der Waals surface area contributed by atoms with Crippen LogP contribution in [-0.4, -0.2) is 42.7 Å². The highest BCUT2D eigenvalue weighted by molar-refractivity contribution is 5.76. The number of hydroxylamine groups is 1. The number of nitrogens with zero attached hydrogens (tertiary/aromatic N) is 2. The molecule has 0 saturated carbocycles. The van der Waals surface area contributed by atoms with Crippen molar-refractivity contribution < 1.29 is 5.21 Å². The van der Waals surface area contributed by atoms with Crippen molar-refractivity contribution in [2.45, 2.75) is 26.3 Å². The quantitative estimate of drug-likeness (QED) is 0.339. The molecule has 0 aliphatic carbocycles. The Hall–Kier alpha value is -0.810. The second kappa shape index (κ2) is 6.62. The minimum atomic E-state index is 0.0810. The van der Waals surface area contributed by atoms with E-state index in [1.165, 1.54) is 0 Å². The summed E-state index contributed by atoms with van der Waals surface area (Å²) >= 11 is 0. The summed E-state index contributed by atoms with van der Waals surface area (Å²) in [5, 5.41) is 8.53. The van der Waals surface area contributed by atoms with Crippen molar-refractivity contribution in [2.24, 2.45) is 16.6 Å². The topological polar surface area (TPSA) is 73.9 Å². The fourth-order valence-electron chi connectivity index (χ4n) is 1.36. The van der Waals surface area contributed by atoms with Crippen LogP contribution in [0.15, 0.2) is 4.99 Å². The van der Waals surface area contributed by atoms with Gasteiger partial charge < -0.3 is 10.6 Å². The lowest BCUT2D eigenvalue weighted by atomic mass is 10.0. The van der Waals surface area contributed by atoms with E-state index in [1.807, 2.05) is 19.6 Å². The summed E-state index contributed by atoms with van der Waals surface area (Å²) in [6.45, 7) is 5.11. The third-order valence-corrected chi connectivity index (χ3v) is 1.76. The van der Waals surface area contributed by atoms with E-state index >= 15 is 0 Å². The molecule has 14 heavy (non-hydrogen) atoms. The maximum atomic E-state index is 8.53. The number of guanidine groups is 1. The van der Waals surface area contributed by atoms with Gasteiger partial charge >= 0.3 is 0 Å². The van der Waals surface area contributed by atoms with Gasteiger partial charge in [0.15, 0.2) is 0 Å². The van der Waals surface area contributed by atoms with E-state index in [0.717, 1.165) is 13.0 Å². The predicted octanol–water partition coefficient (Wildman–Crippen LogP) is 0.256. The zero-order valence-corrected chi connectivity index (χ0v) is 9.49. The predicted molar refractivity (Wildman–Crippen MR) is 58.3 cm³/mol. The van der Waals surface area contributed by atoms with Gasteiger partial charge in [-0.15, -0.1) is 0 Å². The molecule has 84 valence electrons. The van der Waals surface area contributed by atoms with Crippen LogP contribution in [0.2, 0.25) is 0 Å². The average molecular weight is 202 g/mol. The van der Waals surface area contributed by atoms with Crippen LogP contribution >= 0.6 is 0 Å². The number of nitrogens with one attached hydrogen (secondary N) is 1. The van der Waals surface area contributed by atoms with Gasteiger partial charge in [-0.05, 0) is 26.4 Å². The zero-order valence-electron chi connectivity index (χ0n) is 9.49. The first kappa shape index (κ1) is 13.2. The molecular formula is C9H22N4O. The monoisotopic (exact) mass is 202 g/mol. The van der Waals surface area contributed by atoms with Crippen molar-refractivity contribution in [3.63, 3.8) is 0 Å². The molecule has 0 aromatic carbocycles. The van der Waals surface area contributed by atoms with Gasteiger partial charge in [0.25, 0.3) is 0 Å². The minimum Gasteiger partial charge on any atom is -0.368 e. The first-order valence-corrected chi connectivity index (χ1v) is 4.83. The molecule has 0 fully saturated rings. The zero-order chi connectivity index (χ0) is 11.1. The van der Waals surface area contributed by atoms with Crippen LogP contribution in [0.3, 0.4) is 0 Å². The third-order valence-electron chi connectivity index (χ3n) is 1.76. The summed E-state index contributed by atoms with van der Waals surface area (Å²) in [6.07, 6.45) is 0.959. The van der Waals surface area contributed by atoms with Gasteiger partial charge in [-0.3, -0.25) is 5.21 Å². The molecule has 5 heteroatoms. The summed E-state index contributed by atoms with van der Waals surface area (Å²) in [6, 6.07) is 0.129. The van der Waals surface area contributed by atoms with E-state index in [-0.39, 0.29) is 12.0 Å². The molecule has 0 rings (SSSR count). The molecule has 0 aromatic rings. The molecule has 1 unspecified atom stereocenters. The highest BCUT2D eigenvalue weighted by Crippen LogP contribution is 2.08. The van der Waals surface area contributed by atoms with Gasteiger partial charge in [0.2, 0.25) is 5.96 Å². The van der Waals surface area contributed by atoms with Gasteiger partial charge in [-0.25, -0.2) is 10.5 Å². The summed E-state index contributed by atoms with van der Waals surface area (Å²) in [5.74, 6) is 0.646. The molecule has 0 radical (unpaired) electrons. The Morgan fingerprint density at radius 3 is 2.43 bits per heavy atom. The van der Waals surface area contributed by atoms with Crippen LogP contribution in [0.5, 0.6) is 0 Å². The SMILES string of the molecule is CC(C)CC(CN(C)C)N=C(N)NO. The number of nitrogens with two attached hydrogens (primary N) is 1. The van der Waals surface area contributed by atoms with Gasteiger partial charge in [-0.1, -0.05) is 13.8 Å². The molecule has 0 aromatic heterocycles. The van der Waals surface area contributed by atoms with Crippen LogP contribution in [0.1, 0.15) is 20.3 Å². The fraction of sp³-hybridized carbons (Fsp3) is 0.889. The Morgan fingerprint density at radius 1 is 1.50 bits per heavy atom. The summed E-state index contributed by atoms with van der Waals surface area (Å²) in [4.78, 5) is 6.22. The van der Waals surface area contributed by atoms with E-state index in [4.69, 9.17) is 10.9 Å². The maximum Gasteiger partial charge on any atom is 0.213 e. The largest absolute Gasteiger partial charge is 0.368 e. The highest BCUT2D eigenvalue weighted by atomic mass is 16.5. The van der Waals surface area contributed by atoms with Crippen molar-refractivity contribution in [1.29, 1.82) is 0 Å². The minimum absolute atomic E-state index is 0.0810. The Morgan fingerprint density at radius 2 is 2.07 bits per heavy atom. The number of aliphatic imine (C=N–C) groups is 1. The summed E-state index contributed by atoms with van der Waals surface area (Å²) in [7, 11) is 3.98. The van der Waals surface area contributed by atoms with Crippen molar-refractivity contribution in [3.05, 3.63) is 0 Å². The van der Waals surface area contributed by atoms with E-state index < -0.39 is 0 Å². The lowest BCUT2D eigenvalue weighted by Crippen LogP contribution is -2.33. The normalized spacial score (nSPS) is 14.9. The fourth-order valence-corrected chi connectivity index (χ4v) is 1.36. The van der Waals surface area contributed by atoms with Crippen LogP contribution < -0.4 is 11.2 Å². The van der Waals surface area contributed by atoms with Gasteiger partial charge in [-0.2, -0.15) is 0 Å². The van der Waals surface area contributed by atoms with E-state index in [0.29, 0.717) is 5.92 Å². The van der Waals surface area contributed by atoms with Crippen LogP contribution in [0.25, 0.3) is 0 Å². The molecule has 0 spiro atoms. The smallest absolute Gasteiger partial charge is 0.213 e.